The monoisotopic (exact) mass is 331 g/mol. The van der Waals surface area contributed by atoms with Crippen LogP contribution in [0.5, 0.6) is 0 Å². The van der Waals surface area contributed by atoms with Gasteiger partial charge in [0.25, 0.3) is 0 Å². The second-order valence-corrected chi connectivity index (χ2v) is 6.12. The molecule has 0 aliphatic carbocycles. The second kappa shape index (κ2) is 6.92. The molecule has 1 heterocycles. The van der Waals surface area contributed by atoms with Crippen LogP contribution in [0.25, 0.3) is 0 Å². The van der Waals surface area contributed by atoms with E-state index in [1.165, 1.54) is 11.3 Å². The van der Waals surface area contributed by atoms with E-state index in [4.69, 9.17) is 0 Å². The van der Waals surface area contributed by atoms with Gasteiger partial charge in [0.1, 0.15) is 5.60 Å². The predicted octanol–water partition coefficient (Wildman–Crippen LogP) is 2.03. The molecule has 4 nitrogen and oxygen atoms in total. The van der Waals surface area contributed by atoms with Crippen molar-refractivity contribution < 1.29 is 5.11 Å². The average molecular weight is 332 g/mol. The van der Waals surface area contributed by atoms with Crippen LogP contribution >= 0.6 is 27.3 Å². The van der Waals surface area contributed by atoms with E-state index in [2.05, 4.69) is 38.1 Å². The minimum absolute atomic E-state index is 0.391. The Hall–Kier alpha value is -0.850. The Balaban J connectivity index is 2.50. The first-order valence-corrected chi connectivity index (χ1v) is 7.17. The van der Waals surface area contributed by atoms with Gasteiger partial charge in [-0.25, -0.2) is 0 Å². The van der Waals surface area contributed by atoms with E-state index in [-0.39, 0.29) is 0 Å². The van der Waals surface area contributed by atoms with Gasteiger partial charge in [-0.3, -0.25) is 4.99 Å². The topological polar surface area (TPSA) is 56.7 Å². The Kier molecular flexibility index (Phi) is 5.84. The standard InChI is InChI=1S/C12H18BrN3OS/c1-9(13)7-15-11(14-3)16-8-12(2,17)10-5-4-6-18-10/h4-6,17H,1,7-8H2,2-3H3,(H2,14,15,16). The van der Waals surface area contributed by atoms with Gasteiger partial charge in [-0.1, -0.05) is 28.6 Å². The molecule has 0 radical (unpaired) electrons. The Labute approximate surface area is 120 Å². The maximum Gasteiger partial charge on any atom is 0.191 e. The molecular formula is C12H18BrN3OS. The largest absolute Gasteiger partial charge is 0.383 e. The highest BCUT2D eigenvalue weighted by atomic mass is 79.9. The third kappa shape index (κ3) is 4.80. The number of aliphatic imine (C=N–C) groups is 1. The number of nitrogens with one attached hydrogen (secondary N) is 2. The molecule has 1 unspecified atom stereocenters. The molecule has 0 bridgehead atoms. The zero-order valence-electron chi connectivity index (χ0n) is 10.5. The van der Waals surface area contributed by atoms with Crippen LogP contribution in [0.15, 0.2) is 33.6 Å². The lowest BCUT2D eigenvalue weighted by atomic mass is 10.1. The lowest BCUT2D eigenvalue weighted by Gasteiger charge is -2.23. The molecular weight excluding hydrogens is 314 g/mol. The van der Waals surface area contributed by atoms with E-state index in [1.807, 2.05) is 17.5 Å². The second-order valence-electron chi connectivity index (χ2n) is 4.05. The SMILES string of the molecule is C=C(Br)CNC(=NC)NCC(C)(O)c1cccs1. The summed E-state index contributed by atoms with van der Waals surface area (Å²) in [7, 11) is 1.69. The van der Waals surface area contributed by atoms with Gasteiger partial charge in [0.2, 0.25) is 0 Å². The Bertz CT molecular complexity index is 415. The van der Waals surface area contributed by atoms with Crippen LogP contribution in [-0.2, 0) is 5.60 Å². The fraction of sp³-hybridized carbons (Fsp3) is 0.417. The third-order valence-corrected chi connectivity index (χ3v) is 3.73. The van der Waals surface area contributed by atoms with Gasteiger partial charge < -0.3 is 15.7 Å². The number of hydrogen-bond acceptors (Lipinski definition) is 3. The van der Waals surface area contributed by atoms with Crippen molar-refractivity contribution in [2.45, 2.75) is 12.5 Å². The van der Waals surface area contributed by atoms with E-state index in [0.29, 0.717) is 19.0 Å². The molecule has 0 aliphatic rings. The molecule has 1 atom stereocenters. The van der Waals surface area contributed by atoms with Crippen molar-refractivity contribution in [3.05, 3.63) is 33.5 Å². The van der Waals surface area contributed by atoms with E-state index in [1.54, 1.807) is 14.0 Å². The lowest BCUT2D eigenvalue weighted by Crippen LogP contribution is -2.44. The molecule has 1 aromatic rings. The fourth-order valence-corrected chi connectivity index (χ4v) is 2.26. The molecule has 0 aliphatic heterocycles. The quantitative estimate of drug-likeness (QED) is 0.571. The van der Waals surface area contributed by atoms with Crippen LogP contribution in [0.1, 0.15) is 11.8 Å². The molecule has 6 heteroatoms. The minimum Gasteiger partial charge on any atom is -0.383 e. The Morgan fingerprint density at radius 3 is 2.83 bits per heavy atom. The van der Waals surface area contributed by atoms with Gasteiger partial charge in [-0.15, -0.1) is 11.3 Å². The van der Waals surface area contributed by atoms with Crippen LogP contribution in [0.4, 0.5) is 0 Å². The summed E-state index contributed by atoms with van der Waals surface area (Å²) in [5, 5.41) is 18.4. The van der Waals surface area contributed by atoms with Gasteiger partial charge in [-0.2, -0.15) is 0 Å². The van der Waals surface area contributed by atoms with E-state index in [0.717, 1.165) is 9.36 Å². The average Bonchev–Trinajstić information content (AvgIpc) is 2.83. The zero-order chi connectivity index (χ0) is 13.6. The Morgan fingerprint density at radius 2 is 2.33 bits per heavy atom. The number of nitrogens with zero attached hydrogens (tertiary/aromatic N) is 1. The number of aliphatic hydroxyl groups is 1. The van der Waals surface area contributed by atoms with Crippen molar-refractivity contribution >= 4 is 33.2 Å². The number of halogens is 1. The first kappa shape index (κ1) is 15.2. The van der Waals surface area contributed by atoms with Gasteiger partial charge >= 0.3 is 0 Å². The van der Waals surface area contributed by atoms with Crippen molar-refractivity contribution in [3.8, 4) is 0 Å². The summed E-state index contributed by atoms with van der Waals surface area (Å²) in [6, 6.07) is 3.85. The number of hydrogen-bond donors (Lipinski definition) is 3. The van der Waals surface area contributed by atoms with E-state index >= 15 is 0 Å². The highest BCUT2D eigenvalue weighted by molar-refractivity contribution is 9.11. The minimum atomic E-state index is -0.906. The van der Waals surface area contributed by atoms with Gasteiger partial charge in [-0.05, 0) is 18.4 Å². The Morgan fingerprint density at radius 1 is 1.61 bits per heavy atom. The lowest BCUT2D eigenvalue weighted by molar-refractivity contribution is 0.0655. The van der Waals surface area contributed by atoms with Crippen LogP contribution in [-0.4, -0.2) is 31.2 Å². The van der Waals surface area contributed by atoms with Crippen molar-refractivity contribution in [1.29, 1.82) is 0 Å². The third-order valence-electron chi connectivity index (χ3n) is 2.32. The number of thiophene rings is 1. The molecule has 0 spiro atoms. The molecule has 3 N–H and O–H groups in total. The molecule has 100 valence electrons. The van der Waals surface area contributed by atoms with Crippen molar-refractivity contribution in [3.63, 3.8) is 0 Å². The molecule has 1 aromatic heterocycles. The predicted molar refractivity (Wildman–Crippen MR) is 81.3 cm³/mol. The molecule has 0 saturated heterocycles. The molecule has 18 heavy (non-hydrogen) atoms. The maximum atomic E-state index is 10.3. The zero-order valence-corrected chi connectivity index (χ0v) is 12.9. The summed E-state index contributed by atoms with van der Waals surface area (Å²) in [5.74, 6) is 0.632. The number of rotatable bonds is 5. The number of guanidine groups is 1. The molecule has 0 amide bonds. The molecule has 0 fully saturated rings. The summed E-state index contributed by atoms with van der Waals surface area (Å²) in [4.78, 5) is 5.00. The fourth-order valence-electron chi connectivity index (χ4n) is 1.33. The van der Waals surface area contributed by atoms with Crippen molar-refractivity contribution in [2.24, 2.45) is 4.99 Å². The van der Waals surface area contributed by atoms with Crippen LogP contribution in [0.2, 0.25) is 0 Å². The van der Waals surface area contributed by atoms with Crippen molar-refractivity contribution in [2.75, 3.05) is 20.1 Å². The van der Waals surface area contributed by atoms with Gasteiger partial charge in [0.05, 0.1) is 6.54 Å². The summed E-state index contributed by atoms with van der Waals surface area (Å²) >= 11 is 4.80. The smallest absolute Gasteiger partial charge is 0.191 e. The summed E-state index contributed by atoms with van der Waals surface area (Å²) in [6.45, 7) is 6.49. The van der Waals surface area contributed by atoms with E-state index < -0.39 is 5.60 Å². The van der Waals surface area contributed by atoms with Crippen molar-refractivity contribution in [1.82, 2.24) is 10.6 Å². The van der Waals surface area contributed by atoms with Crippen LogP contribution < -0.4 is 10.6 Å². The normalized spacial score (nSPS) is 15.0. The summed E-state index contributed by atoms with van der Waals surface area (Å²) < 4.78 is 0.843. The van der Waals surface area contributed by atoms with Crippen LogP contribution in [0, 0.1) is 0 Å². The first-order valence-electron chi connectivity index (χ1n) is 5.50. The molecule has 1 rings (SSSR count). The maximum absolute atomic E-state index is 10.3. The molecule has 0 aromatic carbocycles. The van der Waals surface area contributed by atoms with Gasteiger partial charge in [0.15, 0.2) is 5.96 Å². The van der Waals surface area contributed by atoms with Crippen LogP contribution in [0.3, 0.4) is 0 Å². The first-order chi connectivity index (χ1) is 8.45. The highest BCUT2D eigenvalue weighted by Gasteiger charge is 2.24. The highest BCUT2D eigenvalue weighted by Crippen LogP contribution is 2.24. The summed E-state index contributed by atoms with van der Waals surface area (Å²) in [5.41, 5.74) is -0.906. The van der Waals surface area contributed by atoms with Gasteiger partial charge in [0, 0.05) is 23.0 Å². The molecule has 0 saturated carbocycles. The summed E-state index contributed by atoms with van der Waals surface area (Å²) in [6.07, 6.45) is 0. The van der Waals surface area contributed by atoms with E-state index in [9.17, 15) is 5.11 Å².